The summed E-state index contributed by atoms with van der Waals surface area (Å²) < 4.78 is 1.69. The van der Waals surface area contributed by atoms with Gasteiger partial charge in [0, 0.05) is 109 Å². The molecule has 71 heavy (non-hydrogen) atoms. The molecule has 358 valence electrons. The Bertz CT molecular complexity index is 2980. The molecule has 2 aliphatic heterocycles. The number of H-pyrrole nitrogens is 1. The molecule has 0 unspecified atom stereocenters. The van der Waals surface area contributed by atoms with E-state index in [1.165, 1.54) is 0 Å². The first-order chi connectivity index (χ1) is 33.6. The number of nitrogens with zero attached hydrogens (tertiary/aromatic N) is 11. The van der Waals surface area contributed by atoms with Crippen molar-refractivity contribution in [3.63, 3.8) is 0 Å². The Labute approximate surface area is 512 Å². The molecular weight excluding hydrogens is 1020 g/mol. The zero-order valence-corrected chi connectivity index (χ0v) is 48.3. The fraction of sp³-hybridized carbons (Fsp3) is 0.245. The Hall–Kier alpha value is -3.91. The van der Waals surface area contributed by atoms with Gasteiger partial charge in [0.25, 0.3) is 6.47 Å². The number of benzene rings is 2. The van der Waals surface area contributed by atoms with Gasteiger partial charge in [0.1, 0.15) is 18.1 Å². The zero-order chi connectivity index (χ0) is 48.7. The molecule has 6 aromatic heterocycles. The SMILES string of the molecule is Cc1cc(N2CCN(C(=O)CCl)CC2)ccc1Cl.Cc1cc(N2CCN(C(=O)Cn3nc(-c4ccccn4)c4cccnc43)CC2)ccc1Cl.O=CO[O-].[H-].[K+].[K+].c1ccc(-c2[nH]nc3ncccc23)nc1. The molecule has 1 N–H and O–H groups in total. The number of carbonyl (C=O) groups excluding carboxylic acids is 3. The van der Waals surface area contributed by atoms with Crippen molar-refractivity contribution < 1.29 is 129 Å². The summed E-state index contributed by atoms with van der Waals surface area (Å²) in [5.74, 6) is 0.128. The Morgan fingerprint density at radius 1 is 0.676 bits per heavy atom. The minimum Gasteiger partial charge on any atom is -1.00 e. The van der Waals surface area contributed by atoms with Crippen LogP contribution in [0.1, 0.15) is 12.6 Å². The summed E-state index contributed by atoms with van der Waals surface area (Å²) in [5, 5.41) is 23.6. The number of amides is 2. The summed E-state index contributed by atoms with van der Waals surface area (Å²) in [6, 6.07) is 31.3. The number of pyridine rings is 4. The molecule has 0 atom stereocenters. The Kier molecular flexibility index (Phi) is 23.8. The summed E-state index contributed by atoms with van der Waals surface area (Å²) in [6.07, 6.45) is 6.95. The molecule has 0 spiro atoms. The van der Waals surface area contributed by atoms with Crippen molar-refractivity contribution in [1.29, 1.82) is 0 Å². The summed E-state index contributed by atoms with van der Waals surface area (Å²) in [5.41, 5.74) is 9.16. The molecule has 2 saturated heterocycles. The maximum absolute atomic E-state index is 13.1. The van der Waals surface area contributed by atoms with Crippen LogP contribution in [0.5, 0.6) is 0 Å². The van der Waals surface area contributed by atoms with E-state index in [0.29, 0.717) is 18.7 Å². The van der Waals surface area contributed by atoms with E-state index in [2.05, 4.69) is 57.0 Å². The first kappa shape index (κ1) is 58.0. The third kappa shape index (κ3) is 15.6. The van der Waals surface area contributed by atoms with Crippen molar-refractivity contribution in [3.8, 4) is 22.8 Å². The summed E-state index contributed by atoms with van der Waals surface area (Å²) in [7, 11) is 0. The van der Waals surface area contributed by atoms with E-state index >= 15 is 0 Å². The fourth-order valence-electron chi connectivity index (χ4n) is 7.76. The number of nitrogens with one attached hydrogen (secondary N) is 1. The Morgan fingerprint density at radius 3 is 1.69 bits per heavy atom. The van der Waals surface area contributed by atoms with Gasteiger partial charge >= 0.3 is 103 Å². The Balaban J connectivity index is 0.000000239. The molecule has 10 rings (SSSR count). The number of aryl methyl sites for hydroxylation is 2. The van der Waals surface area contributed by atoms with Crippen LogP contribution in [0.3, 0.4) is 0 Å². The third-order valence-corrected chi connectivity index (χ3v) is 12.5. The molecule has 22 heteroatoms. The smallest absolute Gasteiger partial charge is 1.00 e. The number of piperazine rings is 2. The van der Waals surface area contributed by atoms with Crippen LogP contribution in [0.25, 0.3) is 44.8 Å². The van der Waals surface area contributed by atoms with Crippen molar-refractivity contribution >= 4 is 86.5 Å². The van der Waals surface area contributed by atoms with Crippen molar-refractivity contribution in [3.05, 3.63) is 143 Å². The van der Waals surface area contributed by atoms with Crippen molar-refractivity contribution in [2.75, 3.05) is 68.0 Å². The molecule has 17 nitrogen and oxygen atoms in total. The second-order valence-corrected chi connectivity index (χ2v) is 16.8. The minimum atomic E-state index is -0.181. The van der Waals surface area contributed by atoms with Crippen LogP contribution in [-0.4, -0.2) is 126 Å². The molecule has 0 bridgehead atoms. The van der Waals surface area contributed by atoms with Crippen LogP contribution in [0, 0.1) is 13.8 Å². The van der Waals surface area contributed by atoms with Crippen LogP contribution < -0.4 is 118 Å². The normalized spacial score (nSPS) is 13.0. The van der Waals surface area contributed by atoms with E-state index < -0.39 is 0 Å². The standard InChI is InChI=1S/C24H23ClN6O.C13H16Cl2N2O.C11H8N4.CH2O3.2K.H/c1-17-15-18(7-8-20(17)25)29-11-13-30(14-12-29)22(32)16-31-24-19(5-4-10-27-24)23(28-31)21-6-2-3-9-26-21;1-10-8-11(2-3-12(10)15)16-4-6-17(7-5-16)13(18)9-14;1-2-6-12-9(5-1)10-8-4-3-7-13-11(8)15-14-10;2-1-4-3;;;/h2-10,15H,11-14,16H2,1H3;2-3,8H,4-7,9H2,1H3;1-7H,(H,13,14,15);1,3H;;;/q;;;;2*+1;-1/p-1. The average molecular weight is 1070 g/mol. The average Bonchev–Trinajstić information content (AvgIpc) is 4.01. The fourth-order valence-corrected chi connectivity index (χ4v) is 8.16. The molecule has 2 fully saturated rings. The summed E-state index contributed by atoms with van der Waals surface area (Å²) in [4.78, 5) is 61.4. The van der Waals surface area contributed by atoms with Crippen LogP contribution in [-0.2, 0) is 25.8 Å². The summed E-state index contributed by atoms with van der Waals surface area (Å²) >= 11 is 17.7. The molecule has 2 aromatic carbocycles. The van der Waals surface area contributed by atoms with Gasteiger partial charge < -0.3 is 31.2 Å². The van der Waals surface area contributed by atoms with E-state index in [0.717, 1.165) is 111 Å². The van der Waals surface area contributed by atoms with Crippen LogP contribution in [0.4, 0.5) is 11.4 Å². The minimum absolute atomic E-state index is 0. The molecule has 0 radical (unpaired) electrons. The van der Waals surface area contributed by atoms with Gasteiger partial charge in [0.05, 0.1) is 17.1 Å². The van der Waals surface area contributed by atoms with Gasteiger partial charge in [-0.15, -0.1) is 11.6 Å². The molecular formula is C49H49Cl3K2N12O5. The summed E-state index contributed by atoms with van der Waals surface area (Å²) in [6.45, 7) is 10.0. The van der Waals surface area contributed by atoms with E-state index in [1.54, 1.807) is 29.5 Å². The van der Waals surface area contributed by atoms with Gasteiger partial charge in [0.15, 0.2) is 11.3 Å². The maximum atomic E-state index is 13.1. The second-order valence-electron chi connectivity index (χ2n) is 15.7. The number of aromatic amines is 1. The van der Waals surface area contributed by atoms with Crippen molar-refractivity contribution in [2.45, 2.75) is 20.4 Å². The number of hydrogen-bond donors (Lipinski definition) is 1. The second kappa shape index (κ2) is 29.1. The molecule has 8 aromatic rings. The third-order valence-electron chi connectivity index (χ3n) is 11.4. The molecule has 2 aliphatic rings. The largest absolute Gasteiger partial charge is 1.00 e. The Morgan fingerprint density at radius 2 is 1.18 bits per heavy atom. The van der Waals surface area contributed by atoms with E-state index in [1.807, 2.05) is 109 Å². The number of carbonyl (C=O) groups is 3. The quantitative estimate of drug-likeness (QED) is 0.0744. The number of alkyl halides is 1. The molecule has 0 aliphatic carbocycles. The topological polar surface area (TPSA) is 195 Å². The van der Waals surface area contributed by atoms with Gasteiger partial charge in [-0.05, 0) is 110 Å². The van der Waals surface area contributed by atoms with Gasteiger partial charge in [0.2, 0.25) is 11.8 Å². The van der Waals surface area contributed by atoms with Crippen LogP contribution in [0.2, 0.25) is 10.0 Å². The molecule has 8 heterocycles. The van der Waals surface area contributed by atoms with Gasteiger partial charge in [-0.25, -0.2) is 14.6 Å². The number of fused-ring (bicyclic) bond motifs is 2. The molecule has 0 saturated carbocycles. The van der Waals surface area contributed by atoms with E-state index in [-0.39, 0.29) is 135 Å². The number of anilines is 2. The van der Waals surface area contributed by atoms with Gasteiger partial charge in [-0.3, -0.25) is 29.5 Å². The number of aromatic nitrogens is 8. The first-order valence-electron chi connectivity index (χ1n) is 21.9. The number of hydrogen-bond acceptors (Lipinski definition) is 13. The van der Waals surface area contributed by atoms with Crippen LogP contribution in [0.15, 0.2) is 122 Å². The monoisotopic (exact) mass is 1070 g/mol. The molecule has 2 amide bonds. The predicted octanol–water partition coefficient (Wildman–Crippen LogP) is 0.915. The van der Waals surface area contributed by atoms with Crippen LogP contribution >= 0.6 is 34.8 Å². The van der Waals surface area contributed by atoms with Crippen molar-refractivity contribution in [2.24, 2.45) is 0 Å². The first-order valence-corrected chi connectivity index (χ1v) is 23.2. The number of rotatable bonds is 8. The van der Waals surface area contributed by atoms with Crippen molar-refractivity contribution in [1.82, 2.24) is 49.7 Å². The van der Waals surface area contributed by atoms with E-state index in [4.69, 9.17) is 50.0 Å². The van der Waals surface area contributed by atoms with E-state index in [9.17, 15) is 9.59 Å². The maximum Gasteiger partial charge on any atom is 1.00 e. The predicted molar refractivity (Wildman–Crippen MR) is 267 cm³/mol. The number of halogens is 3. The van der Waals surface area contributed by atoms with Gasteiger partial charge in [-0.1, -0.05) is 35.3 Å². The van der Waals surface area contributed by atoms with Gasteiger partial charge in [-0.2, -0.15) is 10.2 Å². The zero-order valence-electron chi connectivity index (χ0n) is 40.8.